The lowest BCUT2D eigenvalue weighted by Gasteiger charge is -2.45. The highest BCUT2D eigenvalue weighted by molar-refractivity contribution is 7.60. The van der Waals surface area contributed by atoms with E-state index in [1.807, 2.05) is 26.0 Å². The number of fused-ring (bicyclic) bond motifs is 1. The summed E-state index contributed by atoms with van der Waals surface area (Å²) >= 11 is 0. The van der Waals surface area contributed by atoms with Crippen LogP contribution in [0.3, 0.4) is 0 Å². The van der Waals surface area contributed by atoms with Crippen LogP contribution in [-0.4, -0.2) is 29.7 Å². The Kier molecular flexibility index (Phi) is 3.16. The molecule has 5 unspecified atom stereocenters. The van der Waals surface area contributed by atoms with Gasteiger partial charge in [0.2, 0.25) is 19.2 Å². The molecule has 23 heavy (non-hydrogen) atoms. The number of allylic oxidation sites excluding steroid dienone is 1. The largest absolute Gasteiger partial charge is 0.319 e. The van der Waals surface area contributed by atoms with E-state index in [0.717, 1.165) is 5.57 Å². The van der Waals surface area contributed by atoms with Gasteiger partial charge in [-0.3, -0.25) is 14.2 Å². The molecule has 0 aromatic heterocycles. The summed E-state index contributed by atoms with van der Waals surface area (Å²) in [6, 6.07) is 8.92. The zero-order chi connectivity index (χ0) is 16.4. The second-order valence-corrected chi connectivity index (χ2v) is 9.26. The first kappa shape index (κ1) is 14.9. The van der Waals surface area contributed by atoms with Crippen molar-refractivity contribution in [1.29, 1.82) is 0 Å². The first-order valence-electron chi connectivity index (χ1n) is 7.86. The van der Waals surface area contributed by atoms with Crippen LogP contribution < -0.4 is 4.90 Å². The van der Waals surface area contributed by atoms with Gasteiger partial charge in [-0.15, -0.1) is 0 Å². The zero-order valence-electron chi connectivity index (χ0n) is 13.0. The minimum absolute atomic E-state index is 0.240. The molecule has 2 bridgehead atoms. The van der Waals surface area contributed by atoms with E-state index in [1.54, 1.807) is 24.3 Å². The topological polar surface area (TPSA) is 63.7 Å². The fraction of sp³-hybridized carbons (Fsp3) is 0.412. The predicted molar refractivity (Wildman–Crippen MR) is 86.5 cm³/mol. The number of carbonyl (C=O) groups excluding carboxylic acids is 2. The maximum Gasteiger partial charge on any atom is 0.240 e. The Morgan fingerprint density at radius 1 is 1.13 bits per heavy atom. The van der Waals surface area contributed by atoms with E-state index in [4.69, 9.17) is 4.52 Å². The Morgan fingerprint density at radius 3 is 2.43 bits per heavy atom. The smallest absolute Gasteiger partial charge is 0.240 e. The summed E-state index contributed by atoms with van der Waals surface area (Å²) in [6.45, 7) is 3.70. The van der Waals surface area contributed by atoms with Gasteiger partial charge in [0.1, 0.15) is 0 Å². The average molecular weight is 331 g/mol. The summed E-state index contributed by atoms with van der Waals surface area (Å²) in [7, 11) is -2.92. The number of rotatable bonds is 2. The average Bonchev–Trinajstić information content (AvgIpc) is 2.82. The number of benzene rings is 1. The molecule has 2 saturated heterocycles. The third kappa shape index (κ3) is 1.87. The van der Waals surface area contributed by atoms with Gasteiger partial charge in [0, 0.05) is 6.16 Å². The summed E-state index contributed by atoms with van der Waals surface area (Å²) in [5.74, 6) is -1.60. The third-order valence-corrected chi connectivity index (χ3v) is 8.02. The molecule has 2 fully saturated rings. The first-order valence-corrected chi connectivity index (χ1v) is 9.74. The number of hydrogen-bond acceptors (Lipinski definition) is 4. The van der Waals surface area contributed by atoms with Crippen molar-refractivity contribution in [2.75, 3.05) is 11.1 Å². The van der Waals surface area contributed by atoms with Crippen molar-refractivity contribution >= 4 is 24.9 Å². The van der Waals surface area contributed by atoms with Gasteiger partial charge in [-0.25, -0.2) is 4.90 Å². The lowest BCUT2D eigenvalue weighted by atomic mass is 9.79. The molecule has 0 spiro atoms. The van der Waals surface area contributed by atoms with Crippen LogP contribution in [0.5, 0.6) is 0 Å². The fourth-order valence-corrected chi connectivity index (χ4v) is 6.69. The molecule has 0 saturated carbocycles. The molecule has 2 amide bonds. The number of hydrogen-bond donors (Lipinski definition) is 0. The van der Waals surface area contributed by atoms with Gasteiger partial charge in [0.15, 0.2) is 0 Å². The van der Waals surface area contributed by atoms with E-state index in [0.29, 0.717) is 11.8 Å². The number of nitrogens with zero attached hydrogens (tertiary/aromatic N) is 1. The summed E-state index contributed by atoms with van der Waals surface area (Å²) in [4.78, 5) is 27.1. The van der Waals surface area contributed by atoms with Gasteiger partial charge in [-0.05, 0) is 24.6 Å². The zero-order valence-corrected chi connectivity index (χ0v) is 13.9. The Hall–Kier alpha value is -1.71. The van der Waals surface area contributed by atoms with Crippen LogP contribution in [-0.2, 0) is 18.7 Å². The van der Waals surface area contributed by atoms with E-state index in [2.05, 4.69) is 0 Å². The van der Waals surface area contributed by atoms with Crippen molar-refractivity contribution in [3.05, 3.63) is 42.0 Å². The van der Waals surface area contributed by atoms with Gasteiger partial charge in [-0.1, -0.05) is 31.2 Å². The predicted octanol–water partition coefficient (Wildman–Crippen LogP) is 2.82. The van der Waals surface area contributed by atoms with Crippen LogP contribution in [0, 0.1) is 11.8 Å². The highest BCUT2D eigenvalue weighted by atomic mass is 31.2. The standard InChI is InChI=1S/C17H18NO4P/c1-3-23(21)12-9-10(2)15(22-23)14-13(12)16(19)18(17(14)20)11-7-5-4-6-8-11/h4-9,12-15H,3H2,1-2H3. The molecule has 0 radical (unpaired) electrons. The van der Waals surface area contributed by atoms with E-state index < -0.39 is 31.0 Å². The van der Waals surface area contributed by atoms with Gasteiger partial charge in [0.05, 0.1) is 29.3 Å². The molecule has 1 aliphatic carbocycles. The minimum Gasteiger partial charge on any atom is -0.319 e. The lowest BCUT2D eigenvalue weighted by Crippen LogP contribution is -2.48. The Morgan fingerprint density at radius 2 is 1.78 bits per heavy atom. The molecule has 0 N–H and O–H groups in total. The molecular weight excluding hydrogens is 313 g/mol. The second kappa shape index (κ2) is 4.89. The SMILES string of the molecule is CCP1(=O)OC2C(C)=CC1C1C(=O)N(c3ccccc3)C(=O)C21. The molecule has 5 atom stereocenters. The summed E-state index contributed by atoms with van der Waals surface area (Å²) in [5.41, 5.74) is 1.00. The second-order valence-electron chi connectivity index (χ2n) is 6.37. The van der Waals surface area contributed by atoms with Crippen molar-refractivity contribution in [2.45, 2.75) is 25.6 Å². The summed E-state index contributed by atoms with van der Waals surface area (Å²) in [6.07, 6.45) is 1.74. The number of para-hydroxylation sites is 1. The van der Waals surface area contributed by atoms with Crippen molar-refractivity contribution < 1.29 is 18.7 Å². The van der Waals surface area contributed by atoms with Crippen LogP contribution >= 0.6 is 7.37 Å². The third-order valence-electron chi connectivity index (χ3n) is 5.18. The normalized spacial score (nSPS) is 38.7. The van der Waals surface area contributed by atoms with E-state index in [9.17, 15) is 14.2 Å². The first-order chi connectivity index (χ1) is 11.0. The number of imide groups is 1. The molecule has 4 aliphatic rings. The van der Waals surface area contributed by atoms with Crippen molar-refractivity contribution in [3.8, 4) is 0 Å². The van der Waals surface area contributed by atoms with Crippen LogP contribution in [0.4, 0.5) is 5.69 Å². The molecule has 6 heteroatoms. The molecule has 1 aromatic rings. The number of amides is 2. The van der Waals surface area contributed by atoms with Gasteiger partial charge in [0.25, 0.3) is 0 Å². The Bertz CT molecular complexity index is 772. The van der Waals surface area contributed by atoms with Gasteiger partial charge >= 0.3 is 0 Å². The monoisotopic (exact) mass is 331 g/mol. The lowest BCUT2D eigenvalue weighted by molar-refractivity contribution is -0.124. The van der Waals surface area contributed by atoms with Crippen LogP contribution in [0.2, 0.25) is 0 Å². The molecule has 5 nitrogen and oxygen atoms in total. The van der Waals surface area contributed by atoms with Gasteiger partial charge < -0.3 is 4.52 Å². The highest BCUT2D eigenvalue weighted by Gasteiger charge is 2.64. The highest BCUT2D eigenvalue weighted by Crippen LogP contribution is 2.66. The van der Waals surface area contributed by atoms with Crippen LogP contribution in [0.25, 0.3) is 0 Å². The van der Waals surface area contributed by atoms with E-state index >= 15 is 0 Å². The molecule has 5 rings (SSSR count). The molecule has 3 heterocycles. The fourth-order valence-electron chi connectivity index (χ4n) is 4.03. The Labute approximate surface area is 134 Å². The summed E-state index contributed by atoms with van der Waals surface area (Å²) in [5, 5.41) is 0. The van der Waals surface area contributed by atoms with Crippen LogP contribution in [0.1, 0.15) is 13.8 Å². The van der Waals surface area contributed by atoms with Crippen LogP contribution in [0.15, 0.2) is 42.0 Å². The molecular formula is C17H18NO4P. The quantitative estimate of drug-likeness (QED) is 0.475. The van der Waals surface area contributed by atoms with Crippen molar-refractivity contribution in [2.24, 2.45) is 11.8 Å². The number of anilines is 1. The van der Waals surface area contributed by atoms with Crippen molar-refractivity contribution in [3.63, 3.8) is 0 Å². The maximum absolute atomic E-state index is 13.0. The minimum atomic E-state index is -2.92. The number of carbonyl (C=O) groups is 2. The molecule has 1 aromatic carbocycles. The summed E-state index contributed by atoms with van der Waals surface area (Å²) < 4.78 is 18.9. The Balaban J connectivity index is 1.82. The van der Waals surface area contributed by atoms with Gasteiger partial charge in [-0.2, -0.15) is 0 Å². The van der Waals surface area contributed by atoms with E-state index in [-0.39, 0.29) is 11.8 Å². The maximum atomic E-state index is 13.0. The van der Waals surface area contributed by atoms with E-state index in [1.165, 1.54) is 4.90 Å². The molecule has 3 aliphatic heterocycles. The van der Waals surface area contributed by atoms with Crippen molar-refractivity contribution in [1.82, 2.24) is 0 Å². The molecule has 120 valence electrons.